The third-order valence-electron chi connectivity index (χ3n) is 2.29. The van der Waals surface area contributed by atoms with Crippen molar-refractivity contribution in [2.75, 3.05) is 0 Å². The minimum absolute atomic E-state index is 0.0891. The van der Waals surface area contributed by atoms with E-state index in [2.05, 4.69) is 4.98 Å². The van der Waals surface area contributed by atoms with Crippen LogP contribution in [0.2, 0.25) is 5.02 Å². The van der Waals surface area contributed by atoms with Crippen LogP contribution in [0.15, 0.2) is 18.5 Å². The van der Waals surface area contributed by atoms with Gasteiger partial charge in [-0.3, -0.25) is 4.98 Å². The van der Waals surface area contributed by atoms with Crippen LogP contribution < -0.4 is 5.73 Å². The molecule has 1 aromatic rings. The second kappa shape index (κ2) is 3.04. The van der Waals surface area contributed by atoms with E-state index in [4.69, 9.17) is 17.3 Å². The monoisotopic (exact) mass is 182 g/mol. The van der Waals surface area contributed by atoms with Gasteiger partial charge in [0.05, 0.1) is 0 Å². The van der Waals surface area contributed by atoms with E-state index < -0.39 is 0 Å². The molecule has 2 rings (SSSR count). The SMILES string of the molecule is N[C@@H](c1cnccc1Cl)C1CC1. The quantitative estimate of drug-likeness (QED) is 0.761. The molecule has 1 aromatic heterocycles. The number of aromatic nitrogens is 1. The van der Waals surface area contributed by atoms with Crippen LogP contribution >= 0.6 is 11.6 Å². The zero-order valence-electron chi connectivity index (χ0n) is 6.70. The van der Waals surface area contributed by atoms with E-state index in [-0.39, 0.29) is 6.04 Å². The lowest BCUT2D eigenvalue weighted by Gasteiger charge is -2.10. The van der Waals surface area contributed by atoms with E-state index in [9.17, 15) is 0 Å². The summed E-state index contributed by atoms with van der Waals surface area (Å²) in [5.41, 5.74) is 6.96. The molecule has 64 valence electrons. The Morgan fingerprint density at radius 3 is 2.92 bits per heavy atom. The summed E-state index contributed by atoms with van der Waals surface area (Å²) in [6, 6.07) is 1.88. The number of rotatable bonds is 2. The lowest BCUT2D eigenvalue weighted by molar-refractivity contribution is 0.631. The molecule has 1 fully saturated rings. The molecule has 0 unspecified atom stereocenters. The molecule has 1 aliphatic carbocycles. The molecule has 0 aromatic carbocycles. The minimum Gasteiger partial charge on any atom is -0.324 e. The molecule has 1 atom stereocenters. The zero-order chi connectivity index (χ0) is 8.55. The standard InChI is InChI=1S/C9H11ClN2/c10-8-3-4-12-5-7(8)9(11)6-1-2-6/h3-6,9H,1-2,11H2/t9-/m1/s1. The van der Waals surface area contributed by atoms with E-state index >= 15 is 0 Å². The molecule has 12 heavy (non-hydrogen) atoms. The van der Waals surface area contributed by atoms with Crippen molar-refractivity contribution < 1.29 is 0 Å². The van der Waals surface area contributed by atoms with Gasteiger partial charge in [0.2, 0.25) is 0 Å². The smallest absolute Gasteiger partial charge is 0.0484 e. The van der Waals surface area contributed by atoms with Gasteiger partial charge in [-0.25, -0.2) is 0 Å². The molecule has 0 bridgehead atoms. The predicted octanol–water partition coefficient (Wildman–Crippen LogP) is 2.14. The van der Waals surface area contributed by atoms with Gasteiger partial charge >= 0.3 is 0 Å². The largest absolute Gasteiger partial charge is 0.324 e. The van der Waals surface area contributed by atoms with Crippen molar-refractivity contribution in [1.82, 2.24) is 4.98 Å². The number of pyridine rings is 1. The van der Waals surface area contributed by atoms with Gasteiger partial charge in [-0.05, 0) is 24.8 Å². The highest BCUT2D eigenvalue weighted by Gasteiger charge is 2.30. The fourth-order valence-corrected chi connectivity index (χ4v) is 1.58. The molecule has 0 radical (unpaired) electrons. The molecule has 2 nitrogen and oxygen atoms in total. The maximum Gasteiger partial charge on any atom is 0.0484 e. The predicted molar refractivity (Wildman–Crippen MR) is 48.9 cm³/mol. The topological polar surface area (TPSA) is 38.9 Å². The van der Waals surface area contributed by atoms with Gasteiger partial charge in [0.15, 0.2) is 0 Å². The van der Waals surface area contributed by atoms with E-state index in [0.717, 1.165) is 10.6 Å². The Morgan fingerprint density at radius 1 is 1.58 bits per heavy atom. The Bertz CT molecular complexity index is 284. The first-order valence-electron chi connectivity index (χ1n) is 4.14. The fraction of sp³-hybridized carbons (Fsp3) is 0.444. The highest BCUT2D eigenvalue weighted by atomic mass is 35.5. The van der Waals surface area contributed by atoms with Crippen LogP contribution in [0.3, 0.4) is 0 Å². The summed E-state index contributed by atoms with van der Waals surface area (Å²) in [5.74, 6) is 0.631. The molecule has 0 spiro atoms. The van der Waals surface area contributed by atoms with Crippen LogP contribution in [0.4, 0.5) is 0 Å². The molecule has 1 saturated carbocycles. The van der Waals surface area contributed by atoms with Crippen molar-refractivity contribution >= 4 is 11.6 Å². The second-order valence-electron chi connectivity index (χ2n) is 3.26. The van der Waals surface area contributed by atoms with Gasteiger partial charge in [0.1, 0.15) is 0 Å². The summed E-state index contributed by atoms with van der Waals surface area (Å²) in [7, 11) is 0. The summed E-state index contributed by atoms with van der Waals surface area (Å²) in [4.78, 5) is 4.01. The number of hydrogen-bond acceptors (Lipinski definition) is 2. The van der Waals surface area contributed by atoms with Gasteiger partial charge in [0, 0.05) is 29.0 Å². The number of nitrogens with zero attached hydrogens (tertiary/aromatic N) is 1. The van der Waals surface area contributed by atoms with E-state index in [0.29, 0.717) is 5.92 Å². The Hall–Kier alpha value is -0.600. The van der Waals surface area contributed by atoms with E-state index in [1.54, 1.807) is 18.5 Å². The first-order chi connectivity index (χ1) is 5.79. The third kappa shape index (κ3) is 1.45. The first kappa shape index (κ1) is 8.02. The molecule has 0 saturated heterocycles. The molecule has 0 aliphatic heterocycles. The van der Waals surface area contributed by atoms with Gasteiger partial charge in [-0.15, -0.1) is 0 Å². The van der Waals surface area contributed by atoms with Gasteiger partial charge in [0.25, 0.3) is 0 Å². The van der Waals surface area contributed by atoms with E-state index in [1.165, 1.54) is 12.8 Å². The normalized spacial score (nSPS) is 19.2. The van der Waals surface area contributed by atoms with Crippen molar-refractivity contribution in [2.45, 2.75) is 18.9 Å². The molecule has 3 heteroatoms. The zero-order valence-corrected chi connectivity index (χ0v) is 7.46. The summed E-state index contributed by atoms with van der Waals surface area (Å²) < 4.78 is 0. The van der Waals surface area contributed by atoms with Crippen LogP contribution in [0.25, 0.3) is 0 Å². The summed E-state index contributed by atoms with van der Waals surface area (Å²) in [6.07, 6.45) is 5.91. The van der Waals surface area contributed by atoms with Crippen LogP contribution in [0.5, 0.6) is 0 Å². The van der Waals surface area contributed by atoms with Crippen molar-refractivity contribution in [3.8, 4) is 0 Å². The van der Waals surface area contributed by atoms with Crippen molar-refractivity contribution in [3.63, 3.8) is 0 Å². The van der Waals surface area contributed by atoms with Gasteiger partial charge < -0.3 is 5.73 Å². The summed E-state index contributed by atoms with van der Waals surface area (Å²) >= 11 is 5.97. The molecular weight excluding hydrogens is 172 g/mol. The maximum absolute atomic E-state index is 5.98. The molecule has 2 N–H and O–H groups in total. The Morgan fingerprint density at radius 2 is 2.33 bits per heavy atom. The molecule has 1 heterocycles. The number of hydrogen-bond donors (Lipinski definition) is 1. The highest BCUT2D eigenvalue weighted by molar-refractivity contribution is 6.31. The molecule has 1 aliphatic rings. The van der Waals surface area contributed by atoms with Crippen LogP contribution in [-0.2, 0) is 0 Å². The summed E-state index contributed by atoms with van der Waals surface area (Å²) in [5, 5.41) is 0.740. The van der Waals surface area contributed by atoms with Crippen LogP contribution in [0, 0.1) is 5.92 Å². The Kier molecular flexibility index (Phi) is 2.03. The first-order valence-corrected chi connectivity index (χ1v) is 4.52. The average molecular weight is 183 g/mol. The minimum atomic E-state index is 0.0891. The molecule has 0 amide bonds. The Labute approximate surface area is 76.7 Å². The lowest BCUT2D eigenvalue weighted by Crippen LogP contribution is -2.12. The summed E-state index contributed by atoms with van der Waals surface area (Å²) in [6.45, 7) is 0. The highest BCUT2D eigenvalue weighted by Crippen LogP contribution is 2.40. The average Bonchev–Trinajstić information content (AvgIpc) is 2.86. The Balaban J connectivity index is 2.25. The van der Waals surface area contributed by atoms with Gasteiger partial charge in [-0.2, -0.15) is 0 Å². The number of halogens is 1. The van der Waals surface area contributed by atoms with Crippen molar-refractivity contribution in [3.05, 3.63) is 29.0 Å². The lowest BCUT2D eigenvalue weighted by atomic mass is 10.1. The van der Waals surface area contributed by atoms with E-state index in [1.807, 2.05) is 0 Å². The molecular formula is C9H11ClN2. The van der Waals surface area contributed by atoms with Crippen LogP contribution in [-0.4, -0.2) is 4.98 Å². The van der Waals surface area contributed by atoms with Gasteiger partial charge in [-0.1, -0.05) is 11.6 Å². The fourth-order valence-electron chi connectivity index (χ4n) is 1.34. The number of nitrogens with two attached hydrogens (primary N) is 1. The van der Waals surface area contributed by atoms with Crippen molar-refractivity contribution in [1.29, 1.82) is 0 Å². The van der Waals surface area contributed by atoms with Crippen LogP contribution in [0.1, 0.15) is 24.4 Å². The third-order valence-corrected chi connectivity index (χ3v) is 2.63. The maximum atomic E-state index is 5.98. The second-order valence-corrected chi connectivity index (χ2v) is 3.67. The van der Waals surface area contributed by atoms with Crippen molar-refractivity contribution in [2.24, 2.45) is 11.7 Å².